The summed E-state index contributed by atoms with van der Waals surface area (Å²) >= 11 is -2.27. The van der Waals surface area contributed by atoms with E-state index in [-0.39, 0.29) is 58.2 Å². The molecule has 17 valence electrons. The van der Waals surface area contributed by atoms with E-state index in [0.29, 0.717) is 0 Å². The van der Waals surface area contributed by atoms with E-state index >= 15 is 0 Å². The van der Waals surface area contributed by atoms with E-state index in [1.807, 2.05) is 0 Å². The first-order valence-electron chi connectivity index (χ1n) is 0.408. The summed E-state index contributed by atoms with van der Waals surface area (Å²) in [7, 11) is 0. The first kappa shape index (κ1) is 9.51. The van der Waals surface area contributed by atoms with Crippen LogP contribution in [0.15, 0.2) is 0 Å². The van der Waals surface area contributed by atoms with Crippen molar-refractivity contribution in [1.82, 2.24) is 0 Å². The fraction of sp³-hybridized carbons (Fsp3) is 0. The molecule has 0 bridgehead atoms. The standard InChI is InChI=1S/2O.Rb.Sn. The quantitative estimate of drug-likeness (QED) is 0.506. The molecular formula is O2RbSn. The zero-order valence-electron chi connectivity index (χ0n) is 2.32. The van der Waals surface area contributed by atoms with Gasteiger partial charge in [0.15, 0.2) is 0 Å². The van der Waals surface area contributed by atoms with E-state index in [2.05, 4.69) is 0 Å². The molecule has 0 atom stereocenters. The van der Waals surface area contributed by atoms with Gasteiger partial charge >= 0.3 is 27.3 Å². The molecule has 0 aliphatic rings. The fourth-order valence-electron chi connectivity index (χ4n) is 0. The Balaban J connectivity index is 0. The van der Waals surface area contributed by atoms with Crippen LogP contribution in [0.4, 0.5) is 0 Å². The minimum Gasteiger partial charge on any atom is 0 e. The van der Waals surface area contributed by atoms with Gasteiger partial charge < -0.3 is 0 Å². The minimum atomic E-state index is -2.27. The molecule has 0 amide bonds. The average Bonchev–Trinajstić information content (AvgIpc) is 0.918. The maximum Gasteiger partial charge on any atom is 0 e. The molecule has 0 aliphatic carbocycles. The van der Waals surface area contributed by atoms with Crippen LogP contribution in [0.1, 0.15) is 0 Å². The molecule has 0 aliphatic heterocycles. The van der Waals surface area contributed by atoms with Gasteiger partial charge in [-0.25, -0.2) is 0 Å². The van der Waals surface area contributed by atoms with E-state index in [4.69, 9.17) is 6.15 Å². The first-order valence-corrected chi connectivity index (χ1v) is 2.74. The molecular weight excluding hydrogens is 236 g/mol. The van der Waals surface area contributed by atoms with Gasteiger partial charge in [0.05, 0.1) is 0 Å². The summed E-state index contributed by atoms with van der Waals surface area (Å²) in [5, 5.41) is 0. The predicted octanol–water partition coefficient (Wildman–Crippen LogP) is -0.999. The molecule has 0 aromatic carbocycles. The van der Waals surface area contributed by atoms with E-state index in [1.165, 1.54) is 0 Å². The second-order valence-corrected chi connectivity index (χ2v) is 0.559. The first-order chi connectivity index (χ1) is 1.41. The molecule has 1 radical (unpaired) electrons. The Labute approximate surface area is 83.1 Å². The van der Waals surface area contributed by atoms with Crippen molar-refractivity contribution in [2.75, 3.05) is 0 Å². The monoisotopic (exact) mass is 237 g/mol. The van der Waals surface area contributed by atoms with Gasteiger partial charge in [-0.15, -0.1) is 0 Å². The summed E-state index contributed by atoms with van der Waals surface area (Å²) < 4.78 is 17.1. The largest absolute Gasteiger partial charge is 0 e. The van der Waals surface area contributed by atoms with E-state index < -0.39 is 21.1 Å². The second kappa shape index (κ2) is 8.96. The Bertz CT molecular complexity index is 27.0. The maximum absolute atomic E-state index is 8.54. The van der Waals surface area contributed by atoms with Gasteiger partial charge in [0.25, 0.3) is 0 Å². The van der Waals surface area contributed by atoms with Gasteiger partial charge in [0, 0.05) is 58.2 Å². The van der Waals surface area contributed by atoms with Crippen molar-refractivity contribution in [2.24, 2.45) is 0 Å². The third kappa shape index (κ3) is 8.88. The zero-order chi connectivity index (χ0) is 2.71. The van der Waals surface area contributed by atoms with Gasteiger partial charge in [-0.05, 0) is 0 Å². The van der Waals surface area contributed by atoms with E-state index in [0.717, 1.165) is 0 Å². The summed E-state index contributed by atoms with van der Waals surface area (Å²) in [6.45, 7) is 0. The van der Waals surface area contributed by atoms with Gasteiger partial charge in [-0.1, -0.05) is 0 Å². The van der Waals surface area contributed by atoms with Crippen LogP contribution in [-0.4, -0.2) is 79.3 Å². The molecule has 0 fully saturated rings. The Kier molecular flexibility index (Phi) is 21.3. The third-order valence-corrected chi connectivity index (χ3v) is 0. The number of rotatable bonds is 0. The molecule has 4 heavy (non-hydrogen) atoms. The molecule has 0 aromatic heterocycles. The maximum atomic E-state index is 8.54. The molecule has 0 unspecified atom stereocenters. The predicted molar refractivity (Wildman–Crippen MR) is 12.9 cm³/mol. The van der Waals surface area contributed by atoms with Crippen molar-refractivity contribution in [3.63, 3.8) is 0 Å². The molecule has 0 N–H and O–H groups in total. The minimum absolute atomic E-state index is 0. The van der Waals surface area contributed by atoms with Crippen molar-refractivity contribution >= 4 is 79.3 Å². The molecule has 2 nitrogen and oxygen atoms in total. The van der Waals surface area contributed by atoms with Crippen molar-refractivity contribution in [3.8, 4) is 0 Å². The zero-order valence-corrected chi connectivity index (χ0v) is 10.1. The Morgan fingerprint density at radius 3 is 1.25 bits per heavy atom. The Hall–Kier alpha value is 2.20. The van der Waals surface area contributed by atoms with Crippen LogP contribution in [0.5, 0.6) is 0 Å². The SMILES string of the molecule is [O]=[Sn]=[O].[Rb]. The summed E-state index contributed by atoms with van der Waals surface area (Å²) in [5.74, 6) is 0. The molecule has 0 saturated carbocycles. The fourth-order valence-corrected chi connectivity index (χ4v) is 0. The van der Waals surface area contributed by atoms with Crippen LogP contribution in [0, 0.1) is 0 Å². The van der Waals surface area contributed by atoms with Gasteiger partial charge in [-0.3, -0.25) is 0 Å². The molecule has 0 saturated heterocycles. The van der Waals surface area contributed by atoms with Gasteiger partial charge in [-0.2, -0.15) is 0 Å². The smallest absolute Gasteiger partial charge is 0 e. The summed E-state index contributed by atoms with van der Waals surface area (Å²) in [5.41, 5.74) is 0. The van der Waals surface area contributed by atoms with Crippen LogP contribution in [0.2, 0.25) is 0 Å². The summed E-state index contributed by atoms with van der Waals surface area (Å²) in [6.07, 6.45) is 0. The molecule has 0 aromatic rings. The van der Waals surface area contributed by atoms with Crippen LogP contribution in [-0.2, 0) is 6.15 Å². The normalized spacial score (nSPS) is 2.00. The van der Waals surface area contributed by atoms with Crippen LogP contribution in [0.25, 0.3) is 0 Å². The van der Waals surface area contributed by atoms with Crippen molar-refractivity contribution in [3.05, 3.63) is 0 Å². The molecule has 4 heteroatoms. The molecule has 0 heterocycles. The van der Waals surface area contributed by atoms with Gasteiger partial charge in [0.1, 0.15) is 0 Å². The van der Waals surface area contributed by atoms with Crippen molar-refractivity contribution in [2.45, 2.75) is 0 Å². The van der Waals surface area contributed by atoms with Crippen molar-refractivity contribution in [1.29, 1.82) is 0 Å². The van der Waals surface area contributed by atoms with Crippen molar-refractivity contribution < 1.29 is 6.15 Å². The summed E-state index contributed by atoms with van der Waals surface area (Å²) in [6, 6.07) is 0. The second-order valence-electron chi connectivity index (χ2n) is 0.0833. The molecule has 0 spiro atoms. The van der Waals surface area contributed by atoms with E-state index in [1.54, 1.807) is 0 Å². The average molecular weight is 236 g/mol. The number of hydrogen-bond acceptors (Lipinski definition) is 2. The van der Waals surface area contributed by atoms with Crippen LogP contribution < -0.4 is 0 Å². The third-order valence-electron chi connectivity index (χ3n) is 0. The van der Waals surface area contributed by atoms with Gasteiger partial charge in [0.2, 0.25) is 0 Å². The Morgan fingerprint density at radius 1 is 1.25 bits per heavy atom. The Morgan fingerprint density at radius 2 is 1.25 bits per heavy atom. The molecule has 0 rings (SSSR count). The van der Waals surface area contributed by atoms with E-state index in [9.17, 15) is 0 Å². The van der Waals surface area contributed by atoms with Crippen LogP contribution >= 0.6 is 0 Å². The summed E-state index contributed by atoms with van der Waals surface area (Å²) in [4.78, 5) is 0. The van der Waals surface area contributed by atoms with Crippen LogP contribution in [0.3, 0.4) is 0 Å². The topological polar surface area (TPSA) is 34.1 Å². The number of hydrogen-bond donors (Lipinski definition) is 0.